The second-order valence-electron chi connectivity index (χ2n) is 9.01. The minimum absolute atomic E-state index is 1.01. The van der Waals surface area contributed by atoms with Gasteiger partial charge in [0.1, 0.15) is 11.5 Å². The minimum atomic E-state index is 1.01. The Labute approximate surface area is 187 Å². The molecule has 0 radical (unpaired) electrons. The first-order valence-corrected chi connectivity index (χ1v) is 11.8. The van der Waals surface area contributed by atoms with Gasteiger partial charge in [-0.15, -0.1) is 0 Å². The lowest BCUT2D eigenvalue weighted by atomic mass is 9.88. The standard InChI is InChI=1S/C30H25NO/c1-2-10-20(11-3-1)31-26-17-6-4-13-25(26)29-22(14-9-18-27(29)31)24-16-8-15-23-21-12-5-7-19-28(21)32-30(23)24/h2,4-6,9-14,16-18H,1,3,7-8,15,19H2. The van der Waals surface area contributed by atoms with Crippen LogP contribution >= 0.6 is 0 Å². The number of allylic oxidation sites excluding steroid dienone is 6. The fraction of sp³-hybridized carbons (Fsp3) is 0.200. The minimum Gasteiger partial charge on any atom is -0.460 e. The maximum atomic E-state index is 6.53. The number of nitrogens with zero attached hydrogens (tertiary/aromatic N) is 1. The van der Waals surface area contributed by atoms with Gasteiger partial charge in [0, 0.05) is 39.6 Å². The van der Waals surface area contributed by atoms with Crippen molar-refractivity contribution in [2.75, 3.05) is 0 Å². The molecule has 0 fully saturated rings. The van der Waals surface area contributed by atoms with Crippen molar-refractivity contribution in [3.63, 3.8) is 0 Å². The average molecular weight is 416 g/mol. The quantitative estimate of drug-likeness (QED) is 0.325. The second-order valence-corrected chi connectivity index (χ2v) is 9.01. The van der Waals surface area contributed by atoms with Gasteiger partial charge in [0.25, 0.3) is 0 Å². The number of para-hydroxylation sites is 1. The van der Waals surface area contributed by atoms with Gasteiger partial charge in [0.15, 0.2) is 0 Å². The Bertz CT molecular complexity index is 1520. The summed E-state index contributed by atoms with van der Waals surface area (Å²) in [5.41, 5.74) is 9.09. The first-order valence-electron chi connectivity index (χ1n) is 11.8. The fourth-order valence-corrected chi connectivity index (χ4v) is 5.76. The van der Waals surface area contributed by atoms with E-state index in [1.54, 1.807) is 0 Å². The first-order chi connectivity index (χ1) is 15.9. The third kappa shape index (κ3) is 2.53. The van der Waals surface area contributed by atoms with Crippen LogP contribution in [0.25, 0.3) is 39.2 Å². The van der Waals surface area contributed by atoms with Gasteiger partial charge in [-0.05, 0) is 55.9 Å². The van der Waals surface area contributed by atoms with E-state index in [4.69, 9.17) is 4.42 Å². The van der Waals surface area contributed by atoms with E-state index in [0.29, 0.717) is 0 Å². The summed E-state index contributed by atoms with van der Waals surface area (Å²) in [7, 11) is 0. The van der Waals surface area contributed by atoms with Crippen molar-refractivity contribution >= 4 is 39.2 Å². The zero-order chi connectivity index (χ0) is 21.1. The van der Waals surface area contributed by atoms with Crippen LogP contribution in [0.2, 0.25) is 0 Å². The molecule has 0 bridgehead atoms. The molecule has 2 aromatic carbocycles. The van der Waals surface area contributed by atoms with E-state index < -0.39 is 0 Å². The van der Waals surface area contributed by atoms with Crippen LogP contribution < -0.4 is 0 Å². The highest BCUT2D eigenvalue weighted by Crippen LogP contribution is 2.43. The predicted molar refractivity (Wildman–Crippen MR) is 134 cm³/mol. The summed E-state index contributed by atoms with van der Waals surface area (Å²) < 4.78 is 8.97. The van der Waals surface area contributed by atoms with E-state index in [1.807, 2.05) is 0 Å². The maximum absolute atomic E-state index is 6.53. The SMILES string of the molecule is C1=CC(n2c3ccccc3c3c(C4=CCCc5c4oc4c5C=CCC4)cccc32)=CCC1. The number of rotatable bonds is 2. The molecule has 0 aliphatic heterocycles. The molecule has 2 aromatic heterocycles. The molecular weight excluding hydrogens is 390 g/mol. The van der Waals surface area contributed by atoms with Crippen LogP contribution in [0.1, 0.15) is 53.9 Å². The third-order valence-electron chi connectivity index (χ3n) is 7.16. The number of aromatic nitrogens is 1. The summed E-state index contributed by atoms with van der Waals surface area (Å²) in [4.78, 5) is 0. The van der Waals surface area contributed by atoms with Gasteiger partial charge in [0.05, 0.1) is 11.0 Å². The number of aryl methyl sites for hydroxylation is 1. The summed E-state index contributed by atoms with van der Waals surface area (Å²) in [5, 5.41) is 2.63. The van der Waals surface area contributed by atoms with Gasteiger partial charge in [-0.25, -0.2) is 0 Å². The summed E-state index contributed by atoms with van der Waals surface area (Å²) in [5.74, 6) is 2.26. The van der Waals surface area contributed by atoms with E-state index in [2.05, 4.69) is 83.5 Å². The zero-order valence-electron chi connectivity index (χ0n) is 18.1. The van der Waals surface area contributed by atoms with Gasteiger partial charge in [0.2, 0.25) is 0 Å². The van der Waals surface area contributed by atoms with Crippen molar-refractivity contribution in [2.24, 2.45) is 0 Å². The number of benzene rings is 2. The van der Waals surface area contributed by atoms with Crippen LogP contribution in [0.15, 0.2) is 77.3 Å². The zero-order valence-corrected chi connectivity index (χ0v) is 18.1. The Balaban J connectivity index is 1.52. The lowest BCUT2D eigenvalue weighted by Gasteiger charge is -2.15. The Morgan fingerprint density at radius 3 is 2.59 bits per heavy atom. The topological polar surface area (TPSA) is 18.1 Å². The van der Waals surface area contributed by atoms with Crippen LogP contribution in [0, 0.1) is 0 Å². The molecule has 0 saturated carbocycles. The Kier molecular flexibility index (Phi) is 3.96. The molecule has 156 valence electrons. The molecule has 2 heteroatoms. The van der Waals surface area contributed by atoms with Gasteiger partial charge in [-0.2, -0.15) is 0 Å². The Hall–Kier alpha value is -3.52. The van der Waals surface area contributed by atoms with E-state index in [0.717, 1.165) is 50.0 Å². The highest BCUT2D eigenvalue weighted by molar-refractivity contribution is 6.15. The second kappa shape index (κ2) is 7.00. The van der Waals surface area contributed by atoms with Crippen molar-refractivity contribution in [1.29, 1.82) is 0 Å². The van der Waals surface area contributed by atoms with Crippen molar-refractivity contribution < 1.29 is 4.42 Å². The average Bonchev–Trinajstić information content (AvgIpc) is 3.40. The fourth-order valence-electron chi connectivity index (χ4n) is 5.76. The van der Waals surface area contributed by atoms with Gasteiger partial charge >= 0.3 is 0 Å². The largest absolute Gasteiger partial charge is 0.460 e. The van der Waals surface area contributed by atoms with Crippen LogP contribution in [-0.2, 0) is 12.8 Å². The van der Waals surface area contributed by atoms with Crippen LogP contribution in [0.5, 0.6) is 0 Å². The molecule has 2 heterocycles. The molecule has 0 atom stereocenters. The van der Waals surface area contributed by atoms with Crippen molar-refractivity contribution in [3.8, 4) is 0 Å². The molecule has 3 aliphatic rings. The van der Waals surface area contributed by atoms with Crippen LogP contribution in [0.4, 0.5) is 0 Å². The van der Waals surface area contributed by atoms with E-state index in [1.165, 1.54) is 49.8 Å². The molecule has 3 aliphatic carbocycles. The monoisotopic (exact) mass is 415 g/mol. The molecule has 0 amide bonds. The van der Waals surface area contributed by atoms with E-state index in [-0.39, 0.29) is 0 Å². The number of furan rings is 1. The van der Waals surface area contributed by atoms with E-state index in [9.17, 15) is 0 Å². The number of hydrogen-bond acceptors (Lipinski definition) is 1. The highest BCUT2D eigenvalue weighted by Gasteiger charge is 2.27. The van der Waals surface area contributed by atoms with Crippen molar-refractivity contribution in [1.82, 2.24) is 4.57 Å². The van der Waals surface area contributed by atoms with Gasteiger partial charge in [-0.1, -0.05) is 60.7 Å². The highest BCUT2D eigenvalue weighted by atomic mass is 16.3. The molecular formula is C30H25NO. The molecule has 0 N–H and O–H groups in total. The summed E-state index contributed by atoms with van der Waals surface area (Å²) in [6.07, 6.45) is 20.3. The Morgan fingerprint density at radius 2 is 1.66 bits per heavy atom. The smallest absolute Gasteiger partial charge is 0.138 e. The lowest BCUT2D eigenvalue weighted by Crippen LogP contribution is -2.00. The van der Waals surface area contributed by atoms with Gasteiger partial charge in [-0.3, -0.25) is 0 Å². The molecule has 0 saturated heterocycles. The Morgan fingerprint density at radius 1 is 0.750 bits per heavy atom. The number of fused-ring (bicyclic) bond motifs is 6. The maximum Gasteiger partial charge on any atom is 0.138 e. The molecule has 0 spiro atoms. The molecule has 0 unspecified atom stereocenters. The first kappa shape index (κ1) is 18.1. The normalized spacial score (nSPS) is 17.4. The van der Waals surface area contributed by atoms with Crippen molar-refractivity contribution in [2.45, 2.75) is 38.5 Å². The van der Waals surface area contributed by atoms with Crippen LogP contribution in [-0.4, -0.2) is 4.57 Å². The molecule has 2 nitrogen and oxygen atoms in total. The third-order valence-corrected chi connectivity index (χ3v) is 7.16. The van der Waals surface area contributed by atoms with Gasteiger partial charge < -0.3 is 8.98 Å². The summed E-state index contributed by atoms with van der Waals surface area (Å²) >= 11 is 0. The number of hydrogen-bond donors (Lipinski definition) is 0. The molecule has 7 rings (SSSR count). The van der Waals surface area contributed by atoms with E-state index >= 15 is 0 Å². The lowest BCUT2D eigenvalue weighted by molar-refractivity contribution is 0.494. The predicted octanol–water partition coefficient (Wildman–Crippen LogP) is 7.92. The van der Waals surface area contributed by atoms with Crippen LogP contribution in [0.3, 0.4) is 0 Å². The van der Waals surface area contributed by atoms with Crippen molar-refractivity contribution in [3.05, 3.63) is 101 Å². The molecule has 4 aromatic rings. The molecule has 32 heavy (non-hydrogen) atoms. The summed E-state index contributed by atoms with van der Waals surface area (Å²) in [6.45, 7) is 0. The summed E-state index contributed by atoms with van der Waals surface area (Å²) in [6, 6.07) is 15.6.